The number of unbranched alkanes of at least 4 members (excludes halogenated alkanes) is 3. The highest BCUT2D eigenvalue weighted by Gasteiger charge is 1.93. The lowest BCUT2D eigenvalue weighted by Gasteiger charge is -2.04. The quantitative estimate of drug-likeness (QED) is 0.474. The van der Waals surface area contributed by atoms with E-state index in [0.717, 1.165) is 0 Å². The topological polar surface area (TPSA) is 12.0 Å². The molecule has 0 unspecified atom stereocenters. The minimum atomic E-state index is -0.418. The molecule has 0 aliphatic heterocycles. The van der Waals surface area contributed by atoms with Gasteiger partial charge in [-0.1, -0.05) is 51.7 Å². The van der Waals surface area contributed by atoms with Gasteiger partial charge in [-0.2, -0.15) is 0 Å². The van der Waals surface area contributed by atoms with Crippen molar-refractivity contribution < 1.29 is 0 Å². The lowest BCUT2D eigenvalue weighted by molar-refractivity contribution is 0.699. The Balaban J connectivity index is 2.80. The molecule has 0 aliphatic carbocycles. The summed E-state index contributed by atoms with van der Waals surface area (Å²) in [4.78, 5) is 0. The highest BCUT2D eigenvalue weighted by molar-refractivity contribution is 6.63. The summed E-state index contributed by atoms with van der Waals surface area (Å²) in [7, 11) is -0.270. The fourth-order valence-corrected chi connectivity index (χ4v) is 4.85. The van der Waals surface area contributed by atoms with Gasteiger partial charge in [-0.25, -0.2) is 0 Å². The van der Waals surface area contributed by atoms with Crippen LogP contribution in [0.2, 0.25) is 19.1 Å². The third-order valence-electron chi connectivity index (χ3n) is 1.83. The van der Waals surface area contributed by atoms with Crippen LogP contribution in [-0.2, 0) is 0 Å². The summed E-state index contributed by atoms with van der Waals surface area (Å²) in [5.41, 5.74) is 0. The van der Waals surface area contributed by atoms with Crippen LogP contribution in [0.4, 0.5) is 0 Å². The standard InChI is InChI=1S/C8H23NSi2/c1-4-5-6-7-8-10-9-11(2)3/h9,11H,4-8,10H2,1-3H3. The molecule has 3 heteroatoms. The maximum atomic E-state index is 3.70. The highest BCUT2D eigenvalue weighted by atomic mass is 28.3. The molecule has 1 nitrogen and oxygen atoms in total. The van der Waals surface area contributed by atoms with Gasteiger partial charge in [0.1, 0.15) is 0 Å². The Morgan fingerprint density at radius 1 is 1.18 bits per heavy atom. The van der Waals surface area contributed by atoms with Crippen LogP contribution in [0.5, 0.6) is 0 Å². The number of hydrogen-bond donors (Lipinski definition) is 1. The Kier molecular flexibility index (Phi) is 8.79. The molecular weight excluding hydrogens is 166 g/mol. The first-order valence-corrected chi connectivity index (χ1v) is 9.60. The summed E-state index contributed by atoms with van der Waals surface area (Å²) in [5, 5.41) is 0. The zero-order valence-corrected chi connectivity index (χ0v) is 10.9. The first-order chi connectivity index (χ1) is 5.27. The van der Waals surface area contributed by atoms with Gasteiger partial charge in [0.15, 0.2) is 0 Å². The summed E-state index contributed by atoms with van der Waals surface area (Å²) in [6.45, 7) is 7.02. The van der Waals surface area contributed by atoms with Crippen molar-refractivity contribution >= 4 is 18.6 Å². The fourth-order valence-electron chi connectivity index (χ4n) is 1.12. The molecule has 0 bridgehead atoms. The van der Waals surface area contributed by atoms with Crippen molar-refractivity contribution in [3.8, 4) is 0 Å². The summed E-state index contributed by atoms with van der Waals surface area (Å²) >= 11 is 0. The van der Waals surface area contributed by atoms with E-state index >= 15 is 0 Å². The molecule has 0 atom stereocenters. The third kappa shape index (κ3) is 10.4. The predicted molar refractivity (Wildman–Crippen MR) is 59.5 cm³/mol. The smallest absolute Gasteiger partial charge is 0.0952 e. The Morgan fingerprint density at radius 3 is 2.45 bits per heavy atom. The van der Waals surface area contributed by atoms with Gasteiger partial charge in [-0.05, 0) is 0 Å². The van der Waals surface area contributed by atoms with Gasteiger partial charge >= 0.3 is 0 Å². The fraction of sp³-hybridized carbons (Fsp3) is 1.00. The van der Waals surface area contributed by atoms with E-state index in [-0.39, 0.29) is 9.68 Å². The summed E-state index contributed by atoms with van der Waals surface area (Å²) < 4.78 is 3.70. The molecule has 0 amide bonds. The van der Waals surface area contributed by atoms with Crippen LogP contribution in [-0.4, -0.2) is 18.6 Å². The van der Waals surface area contributed by atoms with Crippen molar-refractivity contribution in [2.45, 2.75) is 51.7 Å². The first-order valence-electron chi connectivity index (χ1n) is 5.00. The van der Waals surface area contributed by atoms with Crippen LogP contribution < -0.4 is 4.65 Å². The minimum absolute atomic E-state index is 0.148. The molecule has 0 rings (SSSR count). The average Bonchev–Trinajstić information content (AvgIpc) is 1.96. The zero-order chi connectivity index (χ0) is 8.53. The van der Waals surface area contributed by atoms with Crippen LogP contribution in [0.15, 0.2) is 0 Å². The van der Waals surface area contributed by atoms with Crippen molar-refractivity contribution in [1.29, 1.82) is 0 Å². The lowest BCUT2D eigenvalue weighted by Crippen LogP contribution is -2.30. The Morgan fingerprint density at radius 2 is 1.91 bits per heavy atom. The van der Waals surface area contributed by atoms with E-state index < -0.39 is 8.96 Å². The SMILES string of the molecule is CCCCCC[SiH2]N[SiH](C)C. The summed E-state index contributed by atoms with van der Waals surface area (Å²) in [6.07, 6.45) is 5.75. The van der Waals surface area contributed by atoms with Crippen LogP contribution in [0.1, 0.15) is 32.6 Å². The Labute approximate surface area is 75.6 Å². The number of hydrogen-bond acceptors (Lipinski definition) is 1. The molecule has 0 aliphatic rings. The zero-order valence-electron chi connectivity index (χ0n) is 8.32. The number of nitrogens with one attached hydrogen (secondary N) is 1. The lowest BCUT2D eigenvalue weighted by atomic mass is 10.2. The second-order valence-electron chi connectivity index (χ2n) is 3.52. The number of rotatable bonds is 7. The monoisotopic (exact) mass is 189 g/mol. The Hall–Kier alpha value is 0.394. The van der Waals surface area contributed by atoms with Gasteiger partial charge in [-0.3, -0.25) is 0 Å². The molecule has 0 radical (unpaired) electrons. The maximum absolute atomic E-state index is 3.70. The van der Waals surface area contributed by atoms with Gasteiger partial charge in [0.2, 0.25) is 0 Å². The van der Waals surface area contributed by atoms with Crippen LogP contribution in [0.25, 0.3) is 0 Å². The minimum Gasteiger partial charge on any atom is -0.367 e. The van der Waals surface area contributed by atoms with Gasteiger partial charge < -0.3 is 4.65 Å². The van der Waals surface area contributed by atoms with Gasteiger partial charge in [0.05, 0.1) is 18.6 Å². The van der Waals surface area contributed by atoms with Crippen LogP contribution >= 0.6 is 0 Å². The predicted octanol–water partition coefficient (Wildman–Crippen LogP) is 1.64. The summed E-state index contributed by atoms with van der Waals surface area (Å²) in [5.74, 6) is 0. The molecule has 11 heavy (non-hydrogen) atoms. The molecular formula is C8H23NSi2. The van der Waals surface area contributed by atoms with E-state index in [1.54, 1.807) is 0 Å². The normalized spacial score (nSPS) is 12.0. The van der Waals surface area contributed by atoms with Gasteiger partial charge in [-0.15, -0.1) is 0 Å². The van der Waals surface area contributed by atoms with E-state index in [4.69, 9.17) is 0 Å². The van der Waals surface area contributed by atoms with Crippen molar-refractivity contribution in [2.24, 2.45) is 0 Å². The molecule has 0 heterocycles. The van der Waals surface area contributed by atoms with Crippen molar-refractivity contribution in [2.75, 3.05) is 0 Å². The van der Waals surface area contributed by atoms with Crippen molar-refractivity contribution in [1.82, 2.24) is 4.65 Å². The molecule has 0 fully saturated rings. The van der Waals surface area contributed by atoms with E-state index in [2.05, 4.69) is 24.7 Å². The van der Waals surface area contributed by atoms with Crippen LogP contribution in [0, 0.1) is 0 Å². The molecule has 0 spiro atoms. The second-order valence-corrected chi connectivity index (χ2v) is 8.67. The van der Waals surface area contributed by atoms with Gasteiger partial charge in [0, 0.05) is 0 Å². The van der Waals surface area contributed by atoms with Crippen molar-refractivity contribution in [3.63, 3.8) is 0 Å². The molecule has 0 saturated carbocycles. The molecule has 0 aromatic carbocycles. The molecule has 68 valence electrons. The third-order valence-corrected chi connectivity index (χ3v) is 7.11. The molecule has 1 N–H and O–H groups in total. The molecule has 0 saturated heterocycles. The maximum Gasteiger partial charge on any atom is 0.0952 e. The Bertz CT molecular complexity index is 76.5. The van der Waals surface area contributed by atoms with E-state index in [1.165, 1.54) is 31.7 Å². The van der Waals surface area contributed by atoms with Crippen LogP contribution in [0.3, 0.4) is 0 Å². The molecule has 0 aromatic heterocycles. The highest BCUT2D eigenvalue weighted by Crippen LogP contribution is 2.01. The second kappa shape index (κ2) is 8.49. The first kappa shape index (κ1) is 11.4. The van der Waals surface area contributed by atoms with E-state index in [1.807, 2.05) is 0 Å². The van der Waals surface area contributed by atoms with Gasteiger partial charge in [0.25, 0.3) is 0 Å². The summed E-state index contributed by atoms with van der Waals surface area (Å²) in [6, 6.07) is 1.52. The van der Waals surface area contributed by atoms with Crippen molar-refractivity contribution in [3.05, 3.63) is 0 Å². The molecule has 0 aromatic rings. The van der Waals surface area contributed by atoms with E-state index in [0.29, 0.717) is 0 Å². The van der Waals surface area contributed by atoms with E-state index in [9.17, 15) is 0 Å². The largest absolute Gasteiger partial charge is 0.367 e. The average molecular weight is 189 g/mol.